The zero-order valence-electron chi connectivity index (χ0n) is 15.2. The summed E-state index contributed by atoms with van der Waals surface area (Å²) in [6, 6.07) is 13.7. The van der Waals surface area contributed by atoms with Crippen molar-refractivity contribution in [3.05, 3.63) is 64.7 Å². The Kier molecular flexibility index (Phi) is 5.05. The normalized spacial score (nSPS) is 18.5. The highest BCUT2D eigenvalue weighted by Crippen LogP contribution is 2.32. The van der Waals surface area contributed by atoms with Crippen LogP contribution >= 0.6 is 11.6 Å². The van der Waals surface area contributed by atoms with Crippen molar-refractivity contribution in [1.29, 1.82) is 0 Å². The highest BCUT2D eigenvalue weighted by molar-refractivity contribution is 6.31. The molecule has 4 rings (SSSR count). The highest BCUT2D eigenvalue weighted by Gasteiger charge is 2.42. The molecule has 0 aromatic heterocycles. The minimum Gasteiger partial charge on any atom is -0.350 e. The van der Waals surface area contributed by atoms with E-state index in [0.717, 1.165) is 12.0 Å². The summed E-state index contributed by atoms with van der Waals surface area (Å²) in [5.41, 5.74) is 1.75. The molecule has 2 heterocycles. The van der Waals surface area contributed by atoms with Crippen molar-refractivity contribution < 1.29 is 14.4 Å². The zero-order chi connectivity index (χ0) is 19.7. The summed E-state index contributed by atoms with van der Waals surface area (Å²) < 4.78 is 0. The van der Waals surface area contributed by atoms with Gasteiger partial charge < -0.3 is 15.1 Å². The van der Waals surface area contributed by atoms with Gasteiger partial charge in [0.05, 0.1) is 11.3 Å². The second-order valence-electron chi connectivity index (χ2n) is 6.97. The molecule has 0 unspecified atom stereocenters. The smallest absolute Gasteiger partial charge is 0.256 e. The molecule has 0 bridgehead atoms. The van der Waals surface area contributed by atoms with Crippen molar-refractivity contribution >= 4 is 35.0 Å². The number of hydrogen-bond acceptors (Lipinski definition) is 3. The number of para-hydroxylation sites is 1. The van der Waals surface area contributed by atoms with E-state index in [2.05, 4.69) is 5.32 Å². The van der Waals surface area contributed by atoms with Crippen LogP contribution in [0.2, 0.25) is 5.02 Å². The van der Waals surface area contributed by atoms with E-state index >= 15 is 0 Å². The Balaban J connectivity index is 1.56. The summed E-state index contributed by atoms with van der Waals surface area (Å²) in [4.78, 5) is 41.7. The molecule has 0 spiro atoms. The first kappa shape index (κ1) is 18.5. The fourth-order valence-electron chi connectivity index (χ4n) is 3.81. The second kappa shape index (κ2) is 7.64. The van der Waals surface area contributed by atoms with Gasteiger partial charge in [-0.05, 0) is 36.6 Å². The standard InChI is InChI=1S/C21H20ClN3O3/c22-16-8-3-1-6-14(16)12-23-19(26)13-25-17-9-4-2-7-15(17)20(27)24-11-5-10-18(24)21(25)28/h1-4,6-9,18H,5,10-13H2,(H,23,26)/t18-/m0/s1. The molecule has 2 aromatic carbocycles. The van der Waals surface area contributed by atoms with E-state index < -0.39 is 6.04 Å². The molecule has 1 saturated heterocycles. The number of fused-ring (bicyclic) bond motifs is 2. The number of halogens is 1. The molecule has 2 aliphatic rings. The van der Waals surface area contributed by atoms with Crippen LogP contribution in [0.1, 0.15) is 28.8 Å². The van der Waals surface area contributed by atoms with Crippen molar-refractivity contribution in [2.24, 2.45) is 0 Å². The number of benzene rings is 2. The summed E-state index contributed by atoms with van der Waals surface area (Å²) in [6.07, 6.45) is 1.41. The Morgan fingerprint density at radius 2 is 1.86 bits per heavy atom. The van der Waals surface area contributed by atoms with Gasteiger partial charge in [0.25, 0.3) is 5.91 Å². The third-order valence-electron chi connectivity index (χ3n) is 5.23. The van der Waals surface area contributed by atoms with E-state index in [4.69, 9.17) is 11.6 Å². The fraction of sp³-hybridized carbons (Fsp3) is 0.286. The molecular weight excluding hydrogens is 378 g/mol. The zero-order valence-corrected chi connectivity index (χ0v) is 16.0. The maximum Gasteiger partial charge on any atom is 0.256 e. The van der Waals surface area contributed by atoms with Gasteiger partial charge in [0.1, 0.15) is 12.6 Å². The predicted molar refractivity (Wildman–Crippen MR) is 106 cm³/mol. The molecule has 0 radical (unpaired) electrons. The Hall–Kier alpha value is -2.86. The van der Waals surface area contributed by atoms with E-state index in [9.17, 15) is 14.4 Å². The SMILES string of the molecule is O=C(CN1C(=O)[C@@H]2CCCN2C(=O)c2ccccc21)NCc1ccccc1Cl. The van der Waals surface area contributed by atoms with Crippen LogP contribution in [-0.4, -0.2) is 41.8 Å². The number of carbonyl (C=O) groups excluding carboxylic acids is 3. The van der Waals surface area contributed by atoms with Crippen molar-refractivity contribution in [3.63, 3.8) is 0 Å². The molecule has 6 nitrogen and oxygen atoms in total. The van der Waals surface area contributed by atoms with Gasteiger partial charge in [0, 0.05) is 18.1 Å². The Bertz CT molecular complexity index is 946. The molecule has 7 heteroatoms. The van der Waals surface area contributed by atoms with Crippen LogP contribution in [0.25, 0.3) is 0 Å². The lowest BCUT2D eigenvalue weighted by Gasteiger charge is -2.25. The molecule has 1 N–H and O–H groups in total. The van der Waals surface area contributed by atoms with E-state index in [1.165, 1.54) is 4.90 Å². The van der Waals surface area contributed by atoms with Crippen LogP contribution in [-0.2, 0) is 16.1 Å². The number of carbonyl (C=O) groups is 3. The van der Waals surface area contributed by atoms with Crippen LogP contribution in [0.15, 0.2) is 48.5 Å². The number of anilines is 1. The van der Waals surface area contributed by atoms with Gasteiger partial charge in [-0.3, -0.25) is 14.4 Å². The van der Waals surface area contributed by atoms with Crippen molar-refractivity contribution in [2.45, 2.75) is 25.4 Å². The average molecular weight is 398 g/mol. The van der Waals surface area contributed by atoms with E-state index in [0.29, 0.717) is 29.2 Å². The molecule has 144 valence electrons. The molecule has 1 atom stereocenters. The van der Waals surface area contributed by atoms with E-state index in [1.807, 2.05) is 18.2 Å². The van der Waals surface area contributed by atoms with Crippen LogP contribution in [0.5, 0.6) is 0 Å². The van der Waals surface area contributed by atoms with Gasteiger partial charge in [0.2, 0.25) is 11.8 Å². The van der Waals surface area contributed by atoms with Crippen molar-refractivity contribution in [3.8, 4) is 0 Å². The van der Waals surface area contributed by atoms with Crippen LogP contribution in [0.3, 0.4) is 0 Å². The van der Waals surface area contributed by atoms with Gasteiger partial charge in [0.15, 0.2) is 0 Å². The van der Waals surface area contributed by atoms with Gasteiger partial charge in [-0.1, -0.05) is 41.9 Å². The van der Waals surface area contributed by atoms with Crippen molar-refractivity contribution in [2.75, 3.05) is 18.0 Å². The Morgan fingerprint density at radius 1 is 1.11 bits per heavy atom. The highest BCUT2D eigenvalue weighted by atomic mass is 35.5. The maximum atomic E-state index is 13.1. The molecule has 0 saturated carbocycles. The molecular formula is C21H20ClN3O3. The van der Waals surface area contributed by atoms with Gasteiger partial charge in [-0.25, -0.2) is 0 Å². The van der Waals surface area contributed by atoms with Gasteiger partial charge >= 0.3 is 0 Å². The molecule has 28 heavy (non-hydrogen) atoms. The third kappa shape index (κ3) is 3.36. The number of nitrogens with one attached hydrogen (secondary N) is 1. The first-order valence-electron chi connectivity index (χ1n) is 9.28. The third-order valence-corrected chi connectivity index (χ3v) is 5.59. The lowest BCUT2D eigenvalue weighted by Crippen LogP contribution is -2.48. The number of rotatable bonds is 4. The molecule has 2 aliphatic heterocycles. The van der Waals surface area contributed by atoms with Crippen LogP contribution < -0.4 is 10.2 Å². The number of amides is 3. The molecule has 2 aromatic rings. The summed E-state index contributed by atoms with van der Waals surface area (Å²) in [5, 5.41) is 3.39. The molecule has 0 aliphatic carbocycles. The average Bonchev–Trinajstić information content (AvgIpc) is 3.18. The monoisotopic (exact) mass is 397 g/mol. The predicted octanol–water partition coefficient (Wildman–Crippen LogP) is 2.61. The Morgan fingerprint density at radius 3 is 2.68 bits per heavy atom. The summed E-state index contributed by atoms with van der Waals surface area (Å²) >= 11 is 6.13. The van der Waals surface area contributed by atoms with Crippen LogP contribution in [0.4, 0.5) is 5.69 Å². The Labute approximate surface area is 168 Å². The van der Waals surface area contributed by atoms with Gasteiger partial charge in [-0.15, -0.1) is 0 Å². The quantitative estimate of drug-likeness (QED) is 0.862. The number of hydrogen-bond donors (Lipinski definition) is 1. The number of nitrogens with zero attached hydrogens (tertiary/aromatic N) is 2. The van der Waals surface area contributed by atoms with Crippen molar-refractivity contribution in [1.82, 2.24) is 10.2 Å². The maximum absolute atomic E-state index is 13.1. The minimum absolute atomic E-state index is 0.141. The fourth-order valence-corrected chi connectivity index (χ4v) is 4.01. The van der Waals surface area contributed by atoms with E-state index in [1.54, 1.807) is 35.2 Å². The largest absolute Gasteiger partial charge is 0.350 e. The topological polar surface area (TPSA) is 69.7 Å². The first-order valence-corrected chi connectivity index (χ1v) is 9.65. The van der Waals surface area contributed by atoms with E-state index in [-0.39, 0.29) is 30.8 Å². The minimum atomic E-state index is -0.503. The summed E-state index contributed by atoms with van der Waals surface area (Å²) in [7, 11) is 0. The lowest BCUT2D eigenvalue weighted by molar-refractivity contribution is -0.125. The first-order chi connectivity index (χ1) is 13.6. The molecule has 3 amide bonds. The summed E-state index contributed by atoms with van der Waals surface area (Å²) in [6.45, 7) is 0.699. The molecule has 1 fully saturated rings. The van der Waals surface area contributed by atoms with Crippen LogP contribution in [0, 0.1) is 0 Å². The van der Waals surface area contributed by atoms with Gasteiger partial charge in [-0.2, -0.15) is 0 Å². The summed E-state index contributed by atoms with van der Waals surface area (Å²) in [5.74, 6) is -0.656. The lowest BCUT2D eigenvalue weighted by atomic mass is 10.1. The second-order valence-corrected chi connectivity index (χ2v) is 7.37.